The Hall–Kier alpha value is -0.520. The Balaban J connectivity index is 2.42. The van der Waals surface area contributed by atoms with Gasteiger partial charge >= 0.3 is 0 Å². The molecule has 0 radical (unpaired) electrons. The van der Waals surface area contributed by atoms with Gasteiger partial charge in [0.2, 0.25) is 0 Å². The molecule has 0 aromatic heterocycles. The van der Waals surface area contributed by atoms with Crippen LogP contribution in [0.4, 0.5) is 0 Å². The van der Waals surface area contributed by atoms with Crippen LogP contribution in [0.25, 0.3) is 0 Å². The van der Waals surface area contributed by atoms with Crippen LogP contribution in [0.5, 0.6) is 0 Å². The summed E-state index contributed by atoms with van der Waals surface area (Å²) < 4.78 is 0. The molecular formula is C12H22N2. The van der Waals surface area contributed by atoms with Crippen molar-refractivity contribution in [3.8, 4) is 12.3 Å². The van der Waals surface area contributed by atoms with Crippen molar-refractivity contribution in [1.82, 2.24) is 4.90 Å². The molecule has 2 unspecified atom stereocenters. The molecule has 2 nitrogen and oxygen atoms in total. The Labute approximate surface area is 87.8 Å². The molecule has 1 saturated carbocycles. The van der Waals surface area contributed by atoms with E-state index < -0.39 is 0 Å². The van der Waals surface area contributed by atoms with Crippen molar-refractivity contribution in [2.45, 2.75) is 38.1 Å². The van der Waals surface area contributed by atoms with Crippen molar-refractivity contribution in [2.75, 3.05) is 20.1 Å². The Bertz CT molecular complexity index is 195. The van der Waals surface area contributed by atoms with Gasteiger partial charge in [-0.15, -0.1) is 12.3 Å². The summed E-state index contributed by atoms with van der Waals surface area (Å²) in [4.78, 5) is 2.40. The Kier molecular flexibility index (Phi) is 5.00. The van der Waals surface area contributed by atoms with Gasteiger partial charge in [-0.25, -0.2) is 0 Å². The molecule has 1 rings (SSSR count). The van der Waals surface area contributed by atoms with Gasteiger partial charge in [-0.1, -0.05) is 12.8 Å². The van der Waals surface area contributed by atoms with Crippen LogP contribution in [-0.2, 0) is 0 Å². The van der Waals surface area contributed by atoms with Crippen LogP contribution in [0.3, 0.4) is 0 Å². The largest absolute Gasteiger partial charge is 0.330 e. The molecule has 0 aliphatic heterocycles. The SMILES string of the molecule is C#CCCN(C)C1CCCCC1CN. The lowest BCUT2D eigenvalue weighted by atomic mass is 9.83. The number of nitrogens with two attached hydrogens (primary N) is 1. The van der Waals surface area contributed by atoms with Crippen molar-refractivity contribution in [3.05, 3.63) is 0 Å². The highest BCUT2D eigenvalue weighted by Gasteiger charge is 2.26. The molecule has 0 bridgehead atoms. The maximum Gasteiger partial charge on any atom is 0.0214 e. The van der Waals surface area contributed by atoms with E-state index in [1.165, 1.54) is 25.7 Å². The first-order valence-electron chi connectivity index (χ1n) is 5.63. The first-order chi connectivity index (χ1) is 6.79. The van der Waals surface area contributed by atoms with Gasteiger partial charge in [-0.3, -0.25) is 0 Å². The summed E-state index contributed by atoms with van der Waals surface area (Å²) in [5.41, 5.74) is 5.79. The molecule has 0 spiro atoms. The van der Waals surface area contributed by atoms with E-state index in [-0.39, 0.29) is 0 Å². The molecule has 1 aliphatic rings. The van der Waals surface area contributed by atoms with Crippen molar-refractivity contribution in [1.29, 1.82) is 0 Å². The summed E-state index contributed by atoms with van der Waals surface area (Å²) >= 11 is 0. The molecule has 0 amide bonds. The van der Waals surface area contributed by atoms with Crippen LogP contribution in [0.15, 0.2) is 0 Å². The summed E-state index contributed by atoms with van der Waals surface area (Å²) in [6.45, 7) is 1.84. The number of terminal acetylenes is 1. The van der Waals surface area contributed by atoms with E-state index in [0.717, 1.165) is 19.5 Å². The lowest BCUT2D eigenvalue weighted by Crippen LogP contribution is -2.43. The summed E-state index contributed by atoms with van der Waals surface area (Å²) in [6.07, 6.45) is 11.4. The fourth-order valence-corrected chi connectivity index (χ4v) is 2.45. The predicted octanol–water partition coefficient (Wildman–Crippen LogP) is 1.46. The van der Waals surface area contributed by atoms with E-state index in [1.807, 2.05) is 0 Å². The van der Waals surface area contributed by atoms with Crippen LogP contribution in [-0.4, -0.2) is 31.1 Å². The van der Waals surface area contributed by atoms with Gasteiger partial charge in [0.25, 0.3) is 0 Å². The molecule has 80 valence electrons. The van der Waals surface area contributed by atoms with Crippen LogP contribution in [0.2, 0.25) is 0 Å². The van der Waals surface area contributed by atoms with Gasteiger partial charge in [0.15, 0.2) is 0 Å². The quantitative estimate of drug-likeness (QED) is 0.687. The smallest absolute Gasteiger partial charge is 0.0214 e. The standard InChI is InChI=1S/C12H22N2/c1-3-4-9-14(2)12-8-6-5-7-11(12)10-13/h1,11-12H,4-10,13H2,2H3. The summed E-state index contributed by atoms with van der Waals surface area (Å²) in [6, 6.07) is 0.669. The molecule has 2 N–H and O–H groups in total. The first kappa shape index (κ1) is 11.6. The van der Waals surface area contributed by atoms with Crippen molar-refractivity contribution in [3.63, 3.8) is 0 Å². The van der Waals surface area contributed by atoms with Crippen molar-refractivity contribution < 1.29 is 0 Å². The highest BCUT2D eigenvalue weighted by atomic mass is 15.1. The predicted molar refractivity (Wildman–Crippen MR) is 60.9 cm³/mol. The van der Waals surface area contributed by atoms with E-state index in [0.29, 0.717) is 12.0 Å². The molecular weight excluding hydrogens is 172 g/mol. The average molecular weight is 194 g/mol. The van der Waals surface area contributed by atoms with Gasteiger partial charge in [0.05, 0.1) is 0 Å². The Morgan fingerprint density at radius 1 is 1.43 bits per heavy atom. The molecule has 14 heavy (non-hydrogen) atoms. The van der Waals surface area contributed by atoms with Crippen molar-refractivity contribution in [2.24, 2.45) is 11.7 Å². The maximum absolute atomic E-state index is 5.79. The second kappa shape index (κ2) is 6.06. The van der Waals surface area contributed by atoms with Gasteiger partial charge in [-0.05, 0) is 32.4 Å². The zero-order valence-corrected chi connectivity index (χ0v) is 9.21. The average Bonchev–Trinajstić information content (AvgIpc) is 2.25. The van der Waals surface area contributed by atoms with Crippen LogP contribution in [0, 0.1) is 18.3 Å². The third-order valence-corrected chi connectivity index (χ3v) is 3.35. The zero-order valence-electron chi connectivity index (χ0n) is 9.21. The van der Waals surface area contributed by atoms with E-state index in [1.54, 1.807) is 0 Å². The molecule has 2 atom stereocenters. The summed E-state index contributed by atoms with van der Waals surface area (Å²) in [5.74, 6) is 3.38. The number of hydrogen-bond acceptors (Lipinski definition) is 2. The summed E-state index contributed by atoms with van der Waals surface area (Å²) in [7, 11) is 2.18. The van der Waals surface area contributed by atoms with Gasteiger partial charge in [0.1, 0.15) is 0 Å². The van der Waals surface area contributed by atoms with E-state index in [9.17, 15) is 0 Å². The van der Waals surface area contributed by atoms with E-state index >= 15 is 0 Å². The normalized spacial score (nSPS) is 27.6. The third kappa shape index (κ3) is 3.01. The second-order valence-electron chi connectivity index (χ2n) is 4.28. The topological polar surface area (TPSA) is 29.3 Å². The molecule has 0 heterocycles. The maximum atomic E-state index is 5.79. The number of rotatable bonds is 4. The lowest BCUT2D eigenvalue weighted by molar-refractivity contribution is 0.136. The Morgan fingerprint density at radius 2 is 2.14 bits per heavy atom. The zero-order chi connectivity index (χ0) is 10.4. The van der Waals surface area contributed by atoms with E-state index in [4.69, 9.17) is 12.2 Å². The van der Waals surface area contributed by atoms with Crippen LogP contribution >= 0.6 is 0 Å². The monoisotopic (exact) mass is 194 g/mol. The van der Waals surface area contributed by atoms with Gasteiger partial charge < -0.3 is 10.6 Å². The second-order valence-corrected chi connectivity index (χ2v) is 4.28. The van der Waals surface area contributed by atoms with Crippen LogP contribution in [0.1, 0.15) is 32.1 Å². The highest BCUT2D eigenvalue weighted by molar-refractivity contribution is 4.87. The minimum absolute atomic E-state index is 0.669. The molecule has 0 aromatic carbocycles. The molecule has 1 aliphatic carbocycles. The Morgan fingerprint density at radius 3 is 2.79 bits per heavy atom. The van der Waals surface area contributed by atoms with Gasteiger partial charge in [0, 0.05) is 19.0 Å². The van der Waals surface area contributed by atoms with Gasteiger partial charge in [-0.2, -0.15) is 0 Å². The molecule has 0 aromatic rings. The van der Waals surface area contributed by atoms with Crippen LogP contribution < -0.4 is 5.73 Å². The molecule has 1 fully saturated rings. The van der Waals surface area contributed by atoms with E-state index in [2.05, 4.69) is 17.9 Å². The molecule has 2 heteroatoms. The minimum Gasteiger partial charge on any atom is -0.330 e. The fourth-order valence-electron chi connectivity index (χ4n) is 2.45. The summed E-state index contributed by atoms with van der Waals surface area (Å²) in [5, 5.41) is 0. The highest BCUT2D eigenvalue weighted by Crippen LogP contribution is 2.26. The number of hydrogen-bond donors (Lipinski definition) is 1. The number of nitrogens with zero attached hydrogens (tertiary/aromatic N) is 1. The first-order valence-corrected chi connectivity index (χ1v) is 5.63. The fraction of sp³-hybridized carbons (Fsp3) is 0.833. The molecule has 0 saturated heterocycles. The lowest BCUT2D eigenvalue weighted by Gasteiger charge is -2.37. The third-order valence-electron chi connectivity index (χ3n) is 3.35. The minimum atomic E-state index is 0.669. The van der Waals surface area contributed by atoms with Crippen molar-refractivity contribution >= 4 is 0 Å².